The molecule has 2 N–H and O–H groups in total. The van der Waals surface area contributed by atoms with Crippen molar-refractivity contribution in [1.29, 1.82) is 0 Å². The Labute approximate surface area is 145 Å². The van der Waals surface area contributed by atoms with Crippen molar-refractivity contribution in [2.75, 3.05) is 5.32 Å². The van der Waals surface area contributed by atoms with Gasteiger partial charge in [0.1, 0.15) is 0 Å². The van der Waals surface area contributed by atoms with Crippen LogP contribution in [0.25, 0.3) is 22.2 Å². The summed E-state index contributed by atoms with van der Waals surface area (Å²) < 4.78 is 0. The number of hydrogen-bond acceptors (Lipinski definition) is 3. The minimum Gasteiger partial charge on any atom is -0.358 e. The van der Waals surface area contributed by atoms with Gasteiger partial charge in [-0.3, -0.25) is 0 Å². The maximum atomic E-state index is 4.79. The van der Waals surface area contributed by atoms with Gasteiger partial charge in [-0.1, -0.05) is 42.5 Å². The van der Waals surface area contributed by atoms with Crippen LogP contribution in [0.15, 0.2) is 53.9 Å². The zero-order chi connectivity index (χ0) is 16.5. The number of H-pyrrole nitrogens is 1. The van der Waals surface area contributed by atoms with E-state index in [0.717, 1.165) is 23.1 Å². The predicted molar refractivity (Wildman–Crippen MR) is 103 cm³/mol. The van der Waals surface area contributed by atoms with E-state index >= 15 is 0 Å². The lowest BCUT2D eigenvalue weighted by atomic mass is 10.1. The van der Waals surface area contributed by atoms with E-state index < -0.39 is 0 Å². The van der Waals surface area contributed by atoms with E-state index in [1.165, 1.54) is 27.6 Å². The summed E-state index contributed by atoms with van der Waals surface area (Å²) in [5, 5.41) is 7.73. The first-order valence-corrected chi connectivity index (χ1v) is 8.91. The Kier molecular flexibility index (Phi) is 3.82. The Morgan fingerprint density at radius 1 is 1.08 bits per heavy atom. The average molecular weight is 333 g/mol. The van der Waals surface area contributed by atoms with E-state index in [1.807, 2.05) is 6.07 Å². The zero-order valence-electron chi connectivity index (χ0n) is 13.8. The molecule has 0 atom stereocenters. The van der Waals surface area contributed by atoms with E-state index in [0.29, 0.717) is 0 Å². The van der Waals surface area contributed by atoms with E-state index in [9.17, 15) is 0 Å². The van der Waals surface area contributed by atoms with Crippen LogP contribution in [0.3, 0.4) is 0 Å². The van der Waals surface area contributed by atoms with E-state index in [2.05, 4.69) is 72.0 Å². The van der Waals surface area contributed by atoms with Gasteiger partial charge in [0.05, 0.1) is 5.69 Å². The molecule has 3 nitrogen and oxygen atoms in total. The molecule has 0 radical (unpaired) electrons. The summed E-state index contributed by atoms with van der Waals surface area (Å²) in [6.45, 7) is 5.02. The van der Waals surface area contributed by atoms with Crippen LogP contribution in [0, 0.1) is 13.8 Å². The largest absolute Gasteiger partial charge is 0.358 e. The third-order valence-electron chi connectivity index (χ3n) is 4.19. The van der Waals surface area contributed by atoms with Crippen LogP contribution in [-0.2, 0) is 6.54 Å². The van der Waals surface area contributed by atoms with Crippen molar-refractivity contribution in [3.05, 3.63) is 70.7 Å². The Balaban J connectivity index is 1.62. The molecular weight excluding hydrogens is 314 g/mol. The lowest BCUT2D eigenvalue weighted by molar-refractivity contribution is 1.13. The first-order chi connectivity index (χ1) is 11.7. The molecule has 0 aliphatic carbocycles. The normalized spacial score (nSPS) is 11.1. The fraction of sp³-hybridized carbons (Fsp3) is 0.150. The Hall–Kier alpha value is -2.59. The molecule has 2 heterocycles. The quantitative estimate of drug-likeness (QED) is 0.516. The molecule has 0 aliphatic rings. The monoisotopic (exact) mass is 333 g/mol. The highest BCUT2D eigenvalue weighted by Gasteiger charge is 2.13. The summed E-state index contributed by atoms with van der Waals surface area (Å²) in [4.78, 5) is 8.27. The minimum atomic E-state index is 0.792. The first kappa shape index (κ1) is 15.0. The number of rotatable bonds is 4. The predicted octanol–water partition coefficient (Wildman–Crippen LogP) is 5.52. The van der Waals surface area contributed by atoms with Gasteiger partial charge in [0, 0.05) is 34.1 Å². The topological polar surface area (TPSA) is 40.7 Å². The van der Waals surface area contributed by atoms with Crippen LogP contribution < -0.4 is 5.32 Å². The molecule has 4 rings (SSSR count). The third kappa shape index (κ3) is 2.81. The lowest BCUT2D eigenvalue weighted by Gasteiger charge is -2.02. The molecule has 0 saturated carbocycles. The van der Waals surface area contributed by atoms with Gasteiger partial charge >= 0.3 is 0 Å². The van der Waals surface area contributed by atoms with Crippen molar-refractivity contribution in [3.8, 4) is 11.3 Å². The Morgan fingerprint density at radius 2 is 1.92 bits per heavy atom. The molecule has 0 spiro atoms. The molecular formula is C20H19N3S. The van der Waals surface area contributed by atoms with Crippen LogP contribution in [-0.4, -0.2) is 9.97 Å². The molecule has 2 aromatic heterocycles. The highest BCUT2D eigenvalue weighted by molar-refractivity contribution is 7.14. The highest BCUT2D eigenvalue weighted by atomic mass is 32.1. The maximum absolute atomic E-state index is 4.79. The SMILES string of the molecule is Cc1ccc2c(-c3csc(NCc4ccccc4)n3)c(C)[nH]c2c1. The molecule has 0 amide bonds. The van der Waals surface area contributed by atoms with Crippen molar-refractivity contribution in [2.45, 2.75) is 20.4 Å². The van der Waals surface area contributed by atoms with Gasteiger partial charge in [-0.05, 0) is 31.0 Å². The van der Waals surface area contributed by atoms with Crippen molar-refractivity contribution < 1.29 is 0 Å². The Bertz CT molecular complexity index is 983. The van der Waals surface area contributed by atoms with E-state index in [-0.39, 0.29) is 0 Å². The number of nitrogens with one attached hydrogen (secondary N) is 2. The minimum absolute atomic E-state index is 0.792. The molecule has 4 aromatic rings. The smallest absolute Gasteiger partial charge is 0.183 e. The highest BCUT2D eigenvalue weighted by Crippen LogP contribution is 2.34. The molecule has 0 bridgehead atoms. The number of thiazole rings is 1. The lowest BCUT2D eigenvalue weighted by Crippen LogP contribution is -1.98. The molecule has 2 aromatic carbocycles. The van der Waals surface area contributed by atoms with Gasteiger partial charge in [0.25, 0.3) is 0 Å². The van der Waals surface area contributed by atoms with Crippen LogP contribution in [0.4, 0.5) is 5.13 Å². The standard InChI is InChI=1S/C20H19N3S/c1-13-8-9-16-17(10-13)22-14(2)19(16)18-12-24-20(23-18)21-11-15-6-4-3-5-7-15/h3-10,12,22H,11H2,1-2H3,(H,21,23). The van der Waals surface area contributed by atoms with Crippen molar-refractivity contribution in [1.82, 2.24) is 9.97 Å². The molecule has 120 valence electrons. The van der Waals surface area contributed by atoms with Gasteiger partial charge in [-0.15, -0.1) is 11.3 Å². The number of aromatic amines is 1. The molecule has 24 heavy (non-hydrogen) atoms. The second-order valence-corrected chi connectivity index (χ2v) is 6.91. The number of fused-ring (bicyclic) bond motifs is 1. The number of anilines is 1. The molecule has 0 fully saturated rings. The summed E-state index contributed by atoms with van der Waals surface area (Å²) in [7, 11) is 0. The second kappa shape index (κ2) is 6.13. The van der Waals surface area contributed by atoms with Crippen LogP contribution in [0.1, 0.15) is 16.8 Å². The van der Waals surface area contributed by atoms with Gasteiger partial charge in [-0.25, -0.2) is 4.98 Å². The number of nitrogens with zero attached hydrogens (tertiary/aromatic N) is 1. The Morgan fingerprint density at radius 3 is 2.75 bits per heavy atom. The molecule has 0 unspecified atom stereocenters. The molecule has 0 saturated heterocycles. The molecule has 0 aliphatic heterocycles. The number of hydrogen-bond donors (Lipinski definition) is 2. The number of benzene rings is 2. The molecule has 4 heteroatoms. The van der Waals surface area contributed by atoms with E-state index in [1.54, 1.807) is 11.3 Å². The van der Waals surface area contributed by atoms with Gasteiger partial charge in [0.15, 0.2) is 5.13 Å². The zero-order valence-corrected chi connectivity index (χ0v) is 14.6. The van der Waals surface area contributed by atoms with Crippen molar-refractivity contribution in [2.24, 2.45) is 0 Å². The summed E-state index contributed by atoms with van der Waals surface area (Å²) in [5.74, 6) is 0. The van der Waals surface area contributed by atoms with Gasteiger partial charge in [-0.2, -0.15) is 0 Å². The number of aromatic nitrogens is 2. The summed E-state index contributed by atoms with van der Waals surface area (Å²) in [5.41, 5.74) is 7.09. The van der Waals surface area contributed by atoms with Crippen LogP contribution in [0.2, 0.25) is 0 Å². The summed E-state index contributed by atoms with van der Waals surface area (Å²) >= 11 is 1.65. The summed E-state index contributed by atoms with van der Waals surface area (Å²) in [6.07, 6.45) is 0. The first-order valence-electron chi connectivity index (χ1n) is 8.03. The third-order valence-corrected chi connectivity index (χ3v) is 4.99. The van der Waals surface area contributed by atoms with Crippen molar-refractivity contribution in [3.63, 3.8) is 0 Å². The summed E-state index contributed by atoms with van der Waals surface area (Å²) in [6, 6.07) is 16.9. The van der Waals surface area contributed by atoms with Gasteiger partial charge in [0.2, 0.25) is 0 Å². The van der Waals surface area contributed by atoms with Crippen LogP contribution >= 0.6 is 11.3 Å². The second-order valence-electron chi connectivity index (χ2n) is 6.05. The van der Waals surface area contributed by atoms with Crippen LogP contribution in [0.5, 0.6) is 0 Å². The van der Waals surface area contributed by atoms with Crippen molar-refractivity contribution >= 4 is 27.4 Å². The fourth-order valence-corrected chi connectivity index (χ4v) is 3.72. The number of aryl methyl sites for hydroxylation is 2. The van der Waals surface area contributed by atoms with Gasteiger partial charge < -0.3 is 10.3 Å². The fourth-order valence-electron chi connectivity index (χ4n) is 3.02. The average Bonchev–Trinajstić information content (AvgIpc) is 3.16. The van der Waals surface area contributed by atoms with E-state index in [4.69, 9.17) is 4.98 Å². The maximum Gasteiger partial charge on any atom is 0.183 e.